The van der Waals surface area contributed by atoms with Gasteiger partial charge in [-0.05, 0) is 124 Å². The fraction of sp³-hybridized carbons (Fsp3) is 0.333. The summed E-state index contributed by atoms with van der Waals surface area (Å²) in [6.45, 7) is 8.26. The zero-order valence-corrected chi connectivity index (χ0v) is 41.5. The molecule has 0 spiro atoms. The van der Waals surface area contributed by atoms with Crippen molar-refractivity contribution < 1.29 is 64.1 Å². The predicted octanol–water partition coefficient (Wildman–Crippen LogP) is 14.0. The molecule has 6 rings (SSSR count). The van der Waals surface area contributed by atoms with E-state index in [0.29, 0.717) is 26.7 Å². The third kappa shape index (κ3) is 14.9. The van der Waals surface area contributed by atoms with E-state index in [1.807, 2.05) is 79.7 Å². The number of benzene rings is 4. The number of halogens is 8. The molecule has 2 heterocycles. The lowest BCUT2D eigenvalue weighted by Gasteiger charge is -2.27. The Morgan fingerprint density at radius 1 is 0.631 bits per heavy atom. The summed E-state index contributed by atoms with van der Waals surface area (Å²) in [4.78, 5) is 24.9. The number of esters is 2. The SMILES string of the molecule is CP(C)(=S)OCC(F)(F)F.Cc1cc(-c2ccccc2)c(Cl)cc1C1=C(O)C(C)(C)OC1=O.Cc1cc(-c2ccccc2)c(Cl)cc1C1=C(OP(C)(=S)OCC(F)(F)F)C(C)(C)OC1=O. The predicted molar refractivity (Wildman–Crippen MR) is 252 cm³/mol. The first kappa shape index (κ1) is 53.9. The van der Waals surface area contributed by atoms with E-state index in [-0.39, 0.29) is 22.7 Å². The Hall–Kier alpha value is -3.72. The highest BCUT2D eigenvalue weighted by Gasteiger charge is 2.46. The minimum absolute atomic E-state index is 0.0298. The van der Waals surface area contributed by atoms with Crippen molar-refractivity contribution in [3.63, 3.8) is 0 Å². The van der Waals surface area contributed by atoms with Gasteiger partial charge in [0.1, 0.15) is 17.8 Å². The fourth-order valence-electron chi connectivity index (χ4n) is 6.27. The smallest absolute Gasteiger partial charge is 0.412 e. The number of hydrogen-bond donors (Lipinski definition) is 1. The lowest BCUT2D eigenvalue weighted by molar-refractivity contribution is -0.153. The van der Waals surface area contributed by atoms with Crippen LogP contribution in [0.15, 0.2) is 96.4 Å². The second-order valence-electron chi connectivity index (χ2n) is 16.1. The van der Waals surface area contributed by atoms with Crippen LogP contribution in [0.4, 0.5) is 26.3 Å². The average molecular weight is 1030 g/mol. The molecule has 0 aromatic heterocycles. The molecule has 8 nitrogen and oxygen atoms in total. The Balaban J connectivity index is 0.000000243. The molecular formula is C45H46Cl2F6O8P2S2. The number of rotatable bonds is 10. The van der Waals surface area contributed by atoms with E-state index in [0.717, 1.165) is 27.8 Å². The maximum absolute atomic E-state index is 12.8. The van der Waals surface area contributed by atoms with Crippen LogP contribution in [0.1, 0.15) is 49.9 Å². The standard InChI is InChI=1S/C22H21ClF3O4PS.C19H17ClO3.C4H8F3OPS/c1-13-10-16(14-8-6-5-7-9-14)17(23)11-15(13)18-19(21(2,3)29-20(18)27)30-31(4,32)28-12-22(24,25)26;1-11-9-14(12-7-5-4-6-8-12)15(20)10-13(11)16-17(21)19(2,3)23-18(16)22;1-9(2,10)8-3-4(5,6)7/h5-11H,12H2,1-4H3;4-10,21H,1-3H3;3H2,1-2H3. The number of alkyl halides is 6. The molecule has 20 heteroatoms. The quantitative estimate of drug-likeness (QED) is 0.0939. The molecule has 65 heavy (non-hydrogen) atoms. The minimum atomic E-state index is -4.56. The molecule has 0 radical (unpaired) electrons. The zero-order valence-electron chi connectivity index (χ0n) is 36.5. The molecule has 1 N–H and O–H groups in total. The average Bonchev–Trinajstić information content (AvgIpc) is 3.53. The molecule has 4 aromatic carbocycles. The number of aliphatic hydroxyl groups excluding tert-OH is 1. The van der Waals surface area contributed by atoms with Gasteiger partial charge in [0.2, 0.25) is 6.49 Å². The zero-order chi connectivity index (χ0) is 49.1. The van der Waals surface area contributed by atoms with E-state index in [2.05, 4.69) is 16.3 Å². The Morgan fingerprint density at radius 2 is 1.02 bits per heavy atom. The molecule has 1 unspecified atom stereocenters. The highest BCUT2D eigenvalue weighted by Crippen LogP contribution is 2.54. The molecule has 0 saturated carbocycles. The molecule has 2 aliphatic heterocycles. The Morgan fingerprint density at radius 3 is 1.38 bits per heavy atom. The fourth-order valence-corrected chi connectivity index (χ4v) is 8.89. The van der Waals surface area contributed by atoms with Crippen LogP contribution < -0.4 is 0 Å². The molecule has 1 atom stereocenters. The first-order chi connectivity index (χ1) is 29.7. The van der Waals surface area contributed by atoms with Crippen molar-refractivity contribution in [3.8, 4) is 22.3 Å². The van der Waals surface area contributed by atoms with Crippen molar-refractivity contribution in [2.45, 2.75) is 65.1 Å². The summed E-state index contributed by atoms with van der Waals surface area (Å²) in [5, 5.41) is 11.2. The highest BCUT2D eigenvalue weighted by molar-refractivity contribution is 8.11. The molecule has 0 amide bonds. The van der Waals surface area contributed by atoms with Gasteiger partial charge in [-0.3, -0.25) is 0 Å². The molecule has 0 fully saturated rings. The molecule has 352 valence electrons. The van der Waals surface area contributed by atoms with Gasteiger partial charge in [0, 0.05) is 27.8 Å². The number of cyclic esters (lactones) is 2. The molecule has 4 aromatic rings. The number of carbonyl (C=O) groups is 2. The second kappa shape index (κ2) is 20.7. The number of ether oxygens (including phenoxy) is 2. The van der Waals surface area contributed by atoms with Crippen LogP contribution in [0.2, 0.25) is 10.0 Å². The van der Waals surface area contributed by atoms with Crippen molar-refractivity contribution in [2.75, 3.05) is 33.2 Å². The summed E-state index contributed by atoms with van der Waals surface area (Å²) in [5.41, 5.74) is 4.17. The van der Waals surface area contributed by atoms with Crippen molar-refractivity contribution in [2.24, 2.45) is 0 Å². The van der Waals surface area contributed by atoms with Crippen LogP contribution in [0.3, 0.4) is 0 Å². The summed E-state index contributed by atoms with van der Waals surface area (Å²) in [6.07, 6.45) is -11.0. The minimum Gasteiger partial charge on any atom is -0.507 e. The normalized spacial score (nSPS) is 16.8. The van der Waals surface area contributed by atoms with Crippen LogP contribution in [-0.4, -0.2) is 73.8 Å². The Bertz CT molecular complexity index is 2590. The lowest BCUT2D eigenvalue weighted by Crippen LogP contribution is -2.24. The van der Waals surface area contributed by atoms with E-state index in [1.165, 1.54) is 20.0 Å². The number of carbonyl (C=O) groups excluding carboxylic acids is 2. The van der Waals surface area contributed by atoms with Crippen LogP contribution in [0.25, 0.3) is 33.4 Å². The van der Waals surface area contributed by atoms with Gasteiger partial charge < -0.3 is 28.2 Å². The molecule has 2 aliphatic rings. The third-order valence-corrected chi connectivity index (χ3v) is 12.6. The van der Waals surface area contributed by atoms with Crippen molar-refractivity contribution >= 4 is 82.7 Å². The summed E-state index contributed by atoms with van der Waals surface area (Å²) in [6, 6.07) is 26.4. The van der Waals surface area contributed by atoms with Crippen LogP contribution in [0, 0.1) is 13.8 Å². The third-order valence-electron chi connectivity index (χ3n) is 9.28. The Kier molecular flexibility index (Phi) is 17.1. The molecule has 0 saturated heterocycles. The summed E-state index contributed by atoms with van der Waals surface area (Å²) >= 11 is 22.8. The van der Waals surface area contributed by atoms with Crippen molar-refractivity contribution in [1.29, 1.82) is 0 Å². The summed E-state index contributed by atoms with van der Waals surface area (Å²) < 4.78 is 97.8. The topological polar surface area (TPSA) is 101 Å². The van der Waals surface area contributed by atoms with Gasteiger partial charge >= 0.3 is 24.3 Å². The largest absolute Gasteiger partial charge is 0.507 e. The van der Waals surface area contributed by atoms with E-state index in [1.54, 1.807) is 46.8 Å². The van der Waals surface area contributed by atoms with Crippen LogP contribution >= 0.6 is 36.0 Å². The molecule has 0 aliphatic carbocycles. The number of hydrogen-bond acceptors (Lipinski definition) is 10. The van der Waals surface area contributed by atoms with E-state index < -0.39 is 61.5 Å². The Labute approximate surface area is 394 Å². The van der Waals surface area contributed by atoms with Crippen molar-refractivity contribution in [1.82, 2.24) is 0 Å². The van der Waals surface area contributed by atoms with Crippen molar-refractivity contribution in [3.05, 3.63) is 129 Å². The van der Waals surface area contributed by atoms with Gasteiger partial charge in [0.05, 0.1) is 6.26 Å². The highest BCUT2D eigenvalue weighted by atomic mass is 35.5. The maximum Gasteiger partial charge on any atom is 0.412 e. The van der Waals surface area contributed by atoms with Gasteiger partial charge in [-0.1, -0.05) is 95.7 Å². The van der Waals surface area contributed by atoms with E-state index in [9.17, 15) is 41.0 Å². The molecule has 0 bridgehead atoms. The summed E-state index contributed by atoms with van der Waals surface area (Å²) in [5.74, 6) is -1.24. The van der Waals surface area contributed by atoms with Gasteiger partial charge in [-0.15, -0.1) is 0 Å². The summed E-state index contributed by atoms with van der Waals surface area (Å²) in [7, 11) is 0. The van der Waals surface area contributed by atoms with Gasteiger partial charge in [0.25, 0.3) is 0 Å². The first-order valence-electron chi connectivity index (χ1n) is 19.3. The van der Waals surface area contributed by atoms with Crippen LogP contribution in [-0.2, 0) is 56.2 Å². The number of aliphatic hydroxyl groups is 1. The number of aryl methyl sites for hydroxylation is 2. The van der Waals surface area contributed by atoms with Gasteiger partial charge in [-0.2, -0.15) is 26.3 Å². The second-order valence-corrected chi connectivity index (χ2v) is 26.3. The van der Waals surface area contributed by atoms with E-state index >= 15 is 0 Å². The van der Waals surface area contributed by atoms with E-state index in [4.69, 9.17) is 53.5 Å². The lowest BCUT2D eigenvalue weighted by atomic mass is 9.93. The first-order valence-corrected chi connectivity index (χ1v) is 26.8. The molecular weight excluding hydrogens is 979 g/mol. The maximum atomic E-state index is 12.8. The van der Waals surface area contributed by atoms with Crippen LogP contribution in [0.5, 0.6) is 0 Å². The monoisotopic (exact) mass is 1020 g/mol. The van der Waals surface area contributed by atoms with Gasteiger partial charge in [-0.25, -0.2) is 9.59 Å². The van der Waals surface area contributed by atoms with Gasteiger partial charge in [0.15, 0.2) is 29.3 Å².